The number of imide groups is 1. The van der Waals surface area contributed by atoms with E-state index < -0.39 is 0 Å². The highest BCUT2D eigenvalue weighted by atomic mass is 32.1. The average molecular weight is 268 g/mol. The molecule has 2 fully saturated rings. The summed E-state index contributed by atoms with van der Waals surface area (Å²) in [5.74, 6) is -0.140. The second-order valence-corrected chi connectivity index (χ2v) is 5.80. The van der Waals surface area contributed by atoms with Crippen LogP contribution in [0.3, 0.4) is 0 Å². The van der Waals surface area contributed by atoms with Crippen LogP contribution in [0.25, 0.3) is 0 Å². The Kier molecular flexibility index (Phi) is 4.00. The lowest BCUT2D eigenvalue weighted by molar-refractivity contribution is -0.142. The fourth-order valence-electron chi connectivity index (χ4n) is 3.20. The number of carbonyl (C=O) groups is 2. The Morgan fingerprint density at radius 1 is 1.33 bits per heavy atom. The summed E-state index contributed by atoms with van der Waals surface area (Å²) in [6.07, 6.45) is 4.99. The number of likely N-dealkylation sites (tertiary alicyclic amines) is 1. The van der Waals surface area contributed by atoms with Crippen molar-refractivity contribution in [2.75, 3.05) is 0 Å². The zero-order valence-electron chi connectivity index (χ0n) is 10.7. The molecule has 5 heteroatoms. The molecule has 2 aliphatic rings. The minimum atomic E-state index is -0.145. The number of thiocarbonyl (C=S) groups is 1. The van der Waals surface area contributed by atoms with Gasteiger partial charge in [0.2, 0.25) is 11.8 Å². The van der Waals surface area contributed by atoms with Crippen molar-refractivity contribution >= 4 is 29.0 Å². The predicted octanol–water partition coefficient (Wildman–Crippen LogP) is 1.62. The molecule has 2 rings (SSSR count). The van der Waals surface area contributed by atoms with E-state index >= 15 is 0 Å². The maximum Gasteiger partial charge on any atom is 0.233 e. The molecule has 2 N–H and O–H groups in total. The van der Waals surface area contributed by atoms with Gasteiger partial charge in [-0.05, 0) is 19.3 Å². The van der Waals surface area contributed by atoms with E-state index in [9.17, 15) is 9.59 Å². The van der Waals surface area contributed by atoms with Crippen molar-refractivity contribution in [1.82, 2.24) is 4.90 Å². The first-order chi connectivity index (χ1) is 8.56. The van der Waals surface area contributed by atoms with Gasteiger partial charge in [0.15, 0.2) is 0 Å². The van der Waals surface area contributed by atoms with Crippen molar-refractivity contribution in [3.8, 4) is 0 Å². The first-order valence-corrected chi connectivity index (χ1v) is 7.12. The van der Waals surface area contributed by atoms with Crippen molar-refractivity contribution in [2.24, 2.45) is 17.6 Å². The van der Waals surface area contributed by atoms with Crippen LogP contribution in [0.2, 0.25) is 0 Å². The molecule has 4 nitrogen and oxygen atoms in total. The van der Waals surface area contributed by atoms with Crippen molar-refractivity contribution < 1.29 is 9.59 Å². The Hall–Kier alpha value is -0.970. The molecule has 3 atom stereocenters. The molecule has 1 heterocycles. The van der Waals surface area contributed by atoms with Gasteiger partial charge < -0.3 is 5.73 Å². The standard InChI is InChI=1S/C13H20N2O2S/c1-2-8(7-11(14)18)15-12(16)9-5-3-4-6-10(9)13(15)17/h8-10H,2-7H2,1H3,(H2,14,18). The normalized spacial score (nSPS) is 29.3. The summed E-state index contributed by atoms with van der Waals surface area (Å²) >= 11 is 4.91. The molecule has 0 radical (unpaired) electrons. The van der Waals surface area contributed by atoms with Crippen LogP contribution >= 0.6 is 12.2 Å². The molecule has 0 aromatic carbocycles. The number of carbonyl (C=O) groups excluding carboxylic acids is 2. The van der Waals surface area contributed by atoms with Gasteiger partial charge in [-0.25, -0.2) is 0 Å². The molecule has 1 aliphatic carbocycles. The van der Waals surface area contributed by atoms with Gasteiger partial charge in [-0.15, -0.1) is 0 Å². The number of amides is 2. The number of hydrogen-bond acceptors (Lipinski definition) is 3. The molecule has 1 aliphatic heterocycles. The smallest absolute Gasteiger partial charge is 0.233 e. The fraction of sp³-hybridized carbons (Fsp3) is 0.769. The number of fused-ring (bicyclic) bond motifs is 1. The van der Waals surface area contributed by atoms with Crippen LogP contribution in [-0.2, 0) is 9.59 Å². The van der Waals surface area contributed by atoms with Crippen molar-refractivity contribution in [3.05, 3.63) is 0 Å². The lowest BCUT2D eigenvalue weighted by Gasteiger charge is -2.25. The Morgan fingerprint density at radius 3 is 2.22 bits per heavy atom. The first-order valence-electron chi connectivity index (χ1n) is 6.71. The third-order valence-electron chi connectivity index (χ3n) is 4.15. The SMILES string of the molecule is CCC(CC(N)=S)N1C(=O)C2CCCCC2C1=O. The molecule has 0 bridgehead atoms. The molecule has 18 heavy (non-hydrogen) atoms. The zero-order valence-corrected chi connectivity index (χ0v) is 11.5. The monoisotopic (exact) mass is 268 g/mol. The topological polar surface area (TPSA) is 63.4 Å². The van der Waals surface area contributed by atoms with Crippen LogP contribution in [0.1, 0.15) is 45.4 Å². The Bertz CT molecular complexity index is 359. The number of nitrogens with two attached hydrogens (primary N) is 1. The van der Waals surface area contributed by atoms with Gasteiger partial charge in [0.25, 0.3) is 0 Å². The first kappa shape index (κ1) is 13.5. The minimum absolute atomic E-state index is 0.00722. The second kappa shape index (κ2) is 5.34. The molecule has 1 saturated carbocycles. The zero-order chi connectivity index (χ0) is 13.3. The van der Waals surface area contributed by atoms with Gasteiger partial charge in [-0.2, -0.15) is 0 Å². The molecule has 100 valence electrons. The van der Waals surface area contributed by atoms with Crippen LogP contribution < -0.4 is 5.73 Å². The predicted molar refractivity (Wildman–Crippen MR) is 72.8 cm³/mol. The van der Waals surface area contributed by atoms with Crippen LogP contribution in [-0.4, -0.2) is 27.7 Å². The maximum atomic E-state index is 12.4. The summed E-state index contributed by atoms with van der Waals surface area (Å²) in [7, 11) is 0. The largest absolute Gasteiger partial charge is 0.393 e. The molecular weight excluding hydrogens is 248 g/mol. The summed E-state index contributed by atoms with van der Waals surface area (Å²) in [6.45, 7) is 1.96. The molecule has 3 unspecified atom stereocenters. The van der Waals surface area contributed by atoms with Gasteiger partial charge in [0, 0.05) is 12.5 Å². The average Bonchev–Trinajstić information content (AvgIpc) is 2.60. The summed E-state index contributed by atoms with van der Waals surface area (Å²) in [4.78, 5) is 26.5. The third-order valence-corrected chi connectivity index (χ3v) is 4.32. The van der Waals surface area contributed by atoms with Crippen molar-refractivity contribution in [2.45, 2.75) is 51.5 Å². The third kappa shape index (κ3) is 2.28. The van der Waals surface area contributed by atoms with Gasteiger partial charge in [-0.1, -0.05) is 32.0 Å². The molecule has 0 aromatic heterocycles. The molecule has 2 amide bonds. The van der Waals surface area contributed by atoms with E-state index in [2.05, 4.69) is 0 Å². The number of rotatable bonds is 4. The molecule has 1 saturated heterocycles. The molecular formula is C13H20N2O2S. The summed E-state index contributed by atoms with van der Waals surface area (Å²) in [5, 5.41) is 0. The van der Waals surface area contributed by atoms with Gasteiger partial charge in [-0.3, -0.25) is 14.5 Å². The Balaban J connectivity index is 2.19. The van der Waals surface area contributed by atoms with Crippen molar-refractivity contribution in [1.29, 1.82) is 0 Å². The van der Waals surface area contributed by atoms with Crippen LogP contribution in [0, 0.1) is 11.8 Å². The number of hydrogen-bond donors (Lipinski definition) is 1. The van der Waals surface area contributed by atoms with E-state index in [4.69, 9.17) is 18.0 Å². The minimum Gasteiger partial charge on any atom is -0.393 e. The van der Waals surface area contributed by atoms with Gasteiger partial charge in [0.1, 0.15) is 0 Å². The van der Waals surface area contributed by atoms with E-state index in [0.29, 0.717) is 17.8 Å². The van der Waals surface area contributed by atoms with E-state index in [1.54, 1.807) is 0 Å². The van der Waals surface area contributed by atoms with Gasteiger partial charge in [0.05, 0.1) is 16.8 Å². The molecule has 0 aromatic rings. The Labute approximate surface area is 113 Å². The van der Waals surface area contributed by atoms with E-state index in [0.717, 1.165) is 25.7 Å². The van der Waals surface area contributed by atoms with Gasteiger partial charge >= 0.3 is 0 Å². The second-order valence-electron chi connectivity index (χ2n) is 5.28. The van der Waals surface area contributed by atoms with E-state index in [-0.39, 0.29) is 29.7 Å². The van der Waals surface area contributed by atoms with Crippen molar-refractivity contribution in [3.63, 3.8) is 0 Å². The summed E-state index contributed by atoms with van der Waals surface area (Å²) < 4.78 is 0. The summed E-state index contributed by atoms with van der Waals surface area (Å²) in [6, 6.07) is -0.145. The Morgan fingerprint density at radius 2 is 1.83 bits per heavy atom. The summed E-state index contributed by atoms with van der Waals surface area (Å²) in [5.41, 5.74) is 5.56. The highest BCUT2D eigenvalue weighted by Gasteiger charge is 2.49. The lowest BCUT2D eigenvalue weighted by Crippen LogP contribution is -2.42. The van der Waals surface area contributed by atoms with Crippen LogP contribution in [0.15, 0.2) is 0 Å². The maximum absolute atomic E-state index is 12.4. The van der Waals surface area contributed by atoms with E-state index in [1.807, 2.05) is 6.92 Å². The molecule has 0 spiro atoms. The van der Waals surface area contributed by atoms with Crippen LogP contribution in [0.5, 0.6) is 0 Å². The number of nitrogens with zero attached hydrogens (tertiary/aromatic N) is 1. The van der Waals surface area contributed by atoms with E-state index in [1.165, 1.54) is 4.90 Å². The highest BCUT2D eigenvalue weighted by molar-refractivity contribution is 7.80. The fourth-order valence-corrected chi connectivity index (χ4v) is 3.39. The quantitative estimate of drug-likeness (QED) is 0.621. The van der Waals surface area contributed by atoms with Crippen LogP contribution in [0.4, 0.5) is 0 Å². The lowest BCUT2D eigenvalue weighted by atomic mass is 9.81. The highest BCUT2D eigenvalue weighted by Crippen LogP contribution is 2.39.